The highest BCUT2D eigenvalue weighted by molar-refractivity contribution is 7.20. The number of rotatable bonds is 3. The van der Waals surface area contributed by atoms with Crippen LogP contribution in [0.3, 0.4) is 0 Å². The topological polar surface area (TPSA) is 17.1 Å². The van der Waals surface area contributed by atoms with Gasteiger partial charge in [0.2, 0.25) is 0 Å². The van der Waals surface area contributed by atoms with Gasteiger partial charge in [-0.25, -0.2) is 4.39 Å². The number of fused-ring (bicyclic) bond motifs is 1. The van der Waals surface area contributed by atoms with E-state index in [1.165, 1.54) is 23.5 Å². The fourth-order valence-corrected chi connectivity index (χ4v) is 3.49. The molecule has 0 unspecified atom stereocenters. The third-order valence-corrected chi connectivity index (χ3v) is 4.70. The molecule has 0 N–H and O–H groups in total. The summed E-state index contributed by atoms with van der Waals surface area (Å²) in [4.78, 5) is 13.8. The molecule has 0 spiro atoms. The molecule has 0 aliphatic rings. The maximum Gasteiger partial charge on any atom is 0.178 e. The number of benzene rings is 1. The van der Waals surface area contributed by atoms with Gasteiger partial charge in [-0.2, -0.15) is 0 Å². The summed E-state index contributed by atoms with van der Waals surface area (Å²) in [6.45, 7) is 0. The van der Waals surface area contributed by atoms with E-state index in [2.05, 4.69) is 0 Å². The predicted molar refractivity (Wildman–Crippen MR) is 74.1 cm³/mol. The SMILES string of the molecule is O=C(Cc1cccs1)c1cc2cc(F)ccc2s1. The Morgan fingerprint density at radius 1 is 1.22 bits per heavy atom. The second-order valence-electron chi connectivity index (χ2n) is 3.97. The van der Waals surface area contributed by atoms with Crippen molar-refractivity contribution in [3.05, 3.63) is 57.3 Å². The van der Waals surface area contributed by atoms with Crippen LogP contribution < -0.4 is 0 Å². The Morgan fingerprint density at radius 3 is 2.89 bits per heavy atom. The average Bonchev–Trinajstić information content (AvgIpc) is 2.96. The fraction of sp³-hybridized carbons (Fsp3) is 0.0714. The first-order chi connectivity index (χ1) is 8.72. The van der Waals surface area contributed by atoms with Gasteiger partial charge in [-0.3, -0.25) is 4.79 Å². The van der Waals surface area contributed by atoms with Crippen molar-refractivity contribution in [3.63, 3.8) is 0 Å². The Balaban J connectivity index is 1.92. The van der Waals surface area contributed by atoms with Gasteiger partial charge in [0.05, 0.1) is 4.88 Å². The van der Waals surface area contributed by atoms with E-state index in [0.29, 0.717) is 11.3 Å². The number of carbonyl (C=O) groups excluding carboxylic acids is 1. The molecule has 4 heteroatoms. The first-order valence-electron chi connectivity index (χ1n) is 5.47. The van der Waals surface area contributed by atoms with E-state index in [0.717, 1.165) is 15.0 Å². The summed E-state index contributed by atoms with van der Waals surface area (Å²) in [7, 11) is 0. The maximum atomic E-state index is 13.1. The Labute approximate surface area is 112 Å². The van der Waals surface area contributed by atoms with E-state index < -0.39 is 0 Å². The highest BCUT2D eigenvalue weighted by atomic mass is 32.1. The van der Waals surface area contributed by atoms with E-state index in [-0.39, 0.29) is 11.6 Å². The Hall–Kier alpha value is -1.52. The van der Waals surface area contributed by atoms with Crippen LogP contribution in [0.1, 0.15) is 14.5 Å². The Morgan fingerprint density at radius 2 is 2.11 bits per heavy atom. The molecule has 0 radical (unpaired) electrons. The first-order valence-corrected chi connectivity index (χ1v) is 7.17. The molecule has 1 nitrogen and oxygen atoms in total. The van der Waals surface area contributed by atoms with Gasteiger partial charge in [0, 0.05) is 16.0 Å². The predicted octanol–water partition coefficient (Wildman–Crippen LogP) is 4.53. The van der Waals surface area contributed by atoms with Crippen LogP contribution in [0.4, 0.5) is 4.39 Å². The van der Waals surface area contributed by atoms with Crippen LogP contribution in [0.25, 0.3) is 10.1 Å². The zero-order valence-electron chi connectivity index (χ0n) is 9.35. The smallest absolute Gasteiger partial charge is 0.178 e. The van der Waals surface area contributed by atoms with Crippen molar-refractivity contribution in [2.24, 2.45) is 0 Å². The van der Waals surface area contributed by atoms with Gasteiger partial charge >= 0.3 is 0 Å². The summed E-state index contributed by atoms with van der Waals surface area (Å²) in [6, 6.07) is 10.3. The quantitative estimate of drug-likeness (QED) is 0.642. The van der Waals surface area contributed by atoms with Gasteiger partial charge in [0.25, 0.3) is 0 Å². The molecule has 0 aliphatic carbocycles. The molecule has 0 fully saturated rings. The number of carbonyl (C=O) groups is 1. The molecule has 0 atom stereocenters. The molecule has 0 amide bonds. The van der Waals surface area contributed by atoms with Crippen LogP contribution in [0.15, 0.2) is 41.8 Å². The van der Waals surface area contributed by atoms with Gasteiger partial charge < -0.3 is 0 Å². The molecule has 0 saturated heterocycles. The van der Waals surface area contributed by atoms with E-state index >= 15 is 0 Å². The molecule has 3 aromatic rings. The molecule has 1 aromatic carbocycles. The van der Waals surface area contributed by atoms with E-state index in [9.17, 15) is 9.18 Å². The third kappa shape index (κ3) is 2.21. The van der Waals surface area contributed by atoms with Crippen molar-refractivity contribution < 1.29 is 9.18 Å². The standard InChI is InChI=1S/C14H9FOS2/c15-10-3-4-13-9(6-10)7-14(18-13)12(16)8-11-2-1-5-17-11/h1-7H,8H2. The van der Waals surface area contributed by atoms with Crippen molar-refractivity contribution in [2.75, 3.05) is 0 Å². The summed E-state index contributed by atoms with van der Waals surface area (Å²) < 4.78 is 14.0. The first kappa shape index (κ1) is 11.6. The summed E-state index contributed by atoms with van der Waals surface area (Å²) >= 11 is 3.00. The van der Waals surface area contributed by atoms with Crippen LogP contribution in [0.5, 0.6) is 0 Å². The largest absolute Gasteiger partial charge is 0.293 e. The van der Waals surface area contributed by atoms with Gasteiger partial charge in [-0.15, -0.1) is 22.7 Å². The number of thiophene rings is 2. The van der Waals surface area contributed by atoms with Crippen LogP contribution in [-0.4, -0.2) is 5.78 Å². The second-order valence-corrected chi connectivity index (χ2v) is 6.09. The monoisotopic (exact) mass is 276 g/mol. The zero-order chi connectivity index (χ0) is 12.5. The number of Topliss-reactive ketones (excluding diaryl/α,β-unsaturated/α-hetero) is 1. The lowest BCUT2D eigenvalue weighted by molar-refractivity contribution is 0.0997. The van der Waals surface area contributed by atoms with Crippen molar-refractivity contribution in [1.82, 2.24) is 0 Å². The number of ketones is 1. The van der Waals surface area contributed by atoms with Crippen molar-refractivity contribution in [3.8, 4) is 0 Å². The van der Waals surface area contributed by atoms with Crippen molar-refractivity contribution in [2.45, 2.75) is 6.42 Å². The lowest BCUT2D eigenvalue weighted by Crippen LogP contribution is -1.98. The summed E-state index contributed by atoms with van der Waals surface area (Å²) in [5, 5.41) is 2.76. The third-order valence-electron chi connectivity index (χ3n) is 2.67. The highest BCUT2D eigenvalue weighted by Gasteiger charge is 2.12. The van der Waals surface area contributed by atoms with Crippen molar-refractivity contribution in [1.29, 1.82) is 0 Å². The van der Waals surface area contributed by atoms with Gasteiger partial charge in [0.1, 0.15) is 5.82 Å². The highest BCUT2D eigenvalue weighted by Crippen LogP contribution is 2.27. The lowest BCUT2D eigenvalue weighted by atomic mass is 10.2. The van der Waals surface area contributed by atoms with E-state index in [1.54, 1.807) is 23.5 Å². The molecule has 0 bridgehead atoms. The number of hydrogen-bond acceptors (Lipinski definition) is 3. The van der Waals surface area contributed by atoms with Gasteiger partial charge in [-0.1, -0.05) is 6.07 Å². The summed E-state index contributed by atoms with van der Waals surface area (Å²) in [5.41, 5.74) is 0. The van der Waals surface area contributed by atoms with Crippen LogP contribution in [0, 0.1) is 5.82 Å². The van der Waals surface area contributed by atoms with Gasteiger partial charge in [0.15, 0.2) is 5.78 Å². The lowest BCUT2D eigenvalue weighted by Gasteiger charge is -1.93. The molecular weight excluding hydrogens is 267 g/mol. The summed E-state index contributed by atoms with van der Waals surface area (Å²) in [6.07, 6.45) is 0.424. The van der Waals surface area contributed by atoms with E-state index in [1.807, 2.05) is 17.5 Å². The minimum Gasteiger partial charge on any atom is -0.293 e. The number of hydrogen-bond donors (Lipinski definition) is 0. The van der Waals surface area contributed by atoms with Crippen molar-refractivity contribution >= 4 is 38.5 Å². The second kappa shape index (κ2) is 4.63. The molecule has 0 aliphatic heterocycles. The van der Waals surface area contributed by atoms with Crippen LogP contribution in [-0.2, 0) is 6.42 Å². The maximum absolute atomic E-state index is 13.1. The summed E-state index contributed by atoms with van der Waals surface area (Å²) in [5.74, 6) is -0.170. The average molecular weight is 276 g/mol. The number of halogens is 1. The molecule has 2 heterocycles. The molecule has 2 aromatic heterocycles. The fourth-order valence-electron chi connectivity index (χ4n) is 1.81. The van der Waals surface area contributed by atoms with Gasteiger partial charge in [-0.05, 0) is 41.1 Å². The van der Waals surface area contributed by atoms with Crippen LogP contribution >= 0.6 is 22.7 Å². The zero-order valence-corrected chi connectivity index (χ0v) is 11.0. The van der Waals surface area contributed by atoms with E-state index in [4.69, 9.17) is 0 Å². The molecular formula is C14H9FOS2. The Bertz CT molecular complexity index is 698. The normalized spacial score (nSPS) is 10.9. The minimum absolute atomic E-state index is 0.0964. The molecule has 3 rings (SSSR count). The Kier molecular flexibility index (Phi) is 2.97. The molecule has 90 valence electrons. The van der Waals surface area contributed by atoms with Crippen LogP contribution in [0.2, 0.25) is 0 Å². The molecule has 18 heavy (non-hydrogen) atoms. The minimum atomic E-state index is -0.266. The molecule has 0 saturated carbocycles.